The number of piperazine rings is 1. The van der Waals surface area contributed by atoms with Crippen LogP contribution in [-0.2, 0) is 16.0 Å². The molecule has 0 radical (unpaired) electrons. The average molecular weight is 755 g/mol. The van der Waals surface area contributed by atoms with Crippen molar-refractivity contribution in [2.75, 3.05) is 69.1 Å². The maximum absolute atomic E-state index is 12.8. The van der Waals surface area contributed by atoms with Crippen molar-refractivity contribution in [3.63, 3.8) is 0 Å². The molecule has 2 amide bonds. The van der Waals surface area contributed by atoms with Crippen LogP contribution in [0.4, 0.5) is 11.5 Å². The van der Waals surface area contributed by atoms with E-state index in [1.54, 1.807) is 12.3 Å². The number of phenolic OH excluding ortho intramolecular Hbond substituents is 1. The number of amides is 2. The molecule has 0 bridgehead atoms. The number of carbonyl (C=O) groups is 2. The number of nitrogens with zero attached hydrogens (tertiary/aromatic N) is 8. The Hall–Kier alpha value is -5.11. The third kappa shape index (κ3) is 6.54. The number of fused-ring (bicyclic) bond motifs is 6. The molecule has 13 nitrogen and oxygen atoms in total. The van der Waals surface area contributed by atoms with E-state index in [4.69, 9.17) is 0 Å². The van der Waals surface area contributed by atoms with E-state index >= 15 is 0 Å². The smallest absolute Gasteiger partial charge is 0.249 e. The first kappa shape index (κ1) is 35.3. The molecule has 0 aliphatic carbocycles. The zero-order valence-corrected chi connectivity index (χ0v) is 31.8. The molecule has 5 aromatic rings. The number of hydrogen-bond donors (Lipinski definition) is 3. The van der Waals surface area contributed by atoms with Crippen molar-refractivity contribution < 1.29 is 14.7 Å². The summed E-state index contributed by atoms with van der Waals surface area (Å²) in [6.45, 7) is 9.83. The molecule has 8 heterocycles. The number of carbonyl (C=O) groups excluding carboxylic acids is 2. The minimum Gasteiger partial charge on any atom is -0.507 e. The fourth-order valence-electron chi connectivity index (χ4n) is 10.2. The Morgan fingerprint density at radius 1 is 0.821 bits per heavy atom. The number of aryl methyl sites for hydroxylation is 1. The number of nitrogens with one attached hydrogen (secondary N) is 2. The van der Waals surface area contributed by atoms with E-state index in [0.29, 0.717) is 42.2 Å². The van der Waals surface area contributed by atoms with Crippen molar-refractivity contribution in [2.45, 2.75) is 69.1 Å². The summed E-state index contributed by atoms with van der Waals surface area (Å²) in [5.41, 5.74) is 5.62. The molecule has 4 fully saturated rings. The molecule has 290 valence electrons. The van der Waals surface area contributed by atoms with Crippen LogP contribution in [-0.4, -0.2) is 128 Å². The number of piperidine rings is 2. The van der Waals surface area contributed by atoms with E-state index in [0.717, 1.165) is 112 Å². The largest absolute Gasteiger partial charge is 0.507 e. The van der Waals surface area contributed by atoms with Gasteiger partial charge in [-0.15, -0.1) is 10.2 Å². The number of anilines is 2. The Bertz CT molecular complexity index is 2280. The zero-order chi connectivity index (χ0) is 37.8. The van der Waals surface area contributed by atoms with Gasteiger partial charge in [0.1, 0.15) is 17.4 Å². The fourth-order valence-corrected chi connectivity index (χ4v) is 10.2. The number of aromatic nitrogens is 4. The second-order valence-electron chi connectivity index (χ2n) is 16.4. The van der Waals surface area contributed by atoms with Crippen molar-refractivity contribution in [1.29, 1.82) is 0 Å². The third-order valence-corrected chi connectivity index (χ3v) is 13.2. The Kier molecular flexibility index (Phi) is 9.31. The highest BCUT2D eigenvalue weighted by atomic mass is 16.3. The SMILES string of the molecule is O=C1CCC(n2c3ccc(CCCN4CCC(N5CCN(C6C[C@@H]7CNc8nnc(-c9ccccc9O)cc8N7C6)CC5)CC4)cc3c3cccnc32)C(=O)N1. The quantitative estimate of drug-likeness (QED) is 0.195. The van der Waals surface area contributed by atoms with E-state index < -0.39 is 6.04 Å². The van der Waals surface area contributed by atoms with Crippen LogP contribution in [0.1, 0.15) is 50.1 Å². The van der Waals surface area contributed by atoms with Crippen molar-refractivity contribution in [1.82, 2.24) is 39.8 Å². The van der Waals surface area contributed by atoms with Crippen LogP contribution in [0.15, 0.2) is 66.9 Å². The summed E-state index contributed by atoms with van der Waals surface area (Å²) in [5.74, 6) is 0.614. The zero-order valence-electron chi connectivity index (χ0n) is 31.8. The Morgan fingerprint density at radius 2 is 1.64 bits per heavy atom. The number of benzene rings is 2. The number of imide groups is 1. The van der Waals surface area contributed by atoms with Gasteiger partial charge in [0.15, 0.2) is 5.82 Å². The minimum absolute atomic E-state index is 0.204. The van der Waals surface area contributed by atoms with Gasteiger partial charge in [0.05, 0.1) is 16.9 Å². The predicted octanol–water partition coefficient (Wildman–Crippen LogP) is 4.42. The number of aromatic hydroxyl groups is 1. The van der Waals surface area contributed by atoms with E-state index in [9.17, 15) is 14.7 Å². The van der Waals surface area contributed by atoms with Crippen molar-refractivity contribution in [3.8, 4) is 17.0 Å². The molecule has 4 saturated heterocycles. The number of para-hydroxylation sites is 1. The molecule has 3 atom stereocenters. The summed E-state index contributed by atoms with van der Waals surface area (Å²) < 4.78 is 2.03. The molecule has 5 aliphatic rings. The lowest BCUT2D eigenvalue weighted by Gasteiger charge is -2.44. The van der Waals surface area contributed by atoms with Crippen molar-refractivity contribution in [2.24, 2.45) is 0 Å². The van der Waals surface area contributed by atoms with Gasteiger partial charge in [0, 0.05) is 86.3 Å². The van der Waals surface area contributed by atoms with Gasteiger partial charge in [-0.25, -0.2) is 4.98 Å². The number of rotatable bonds is 8. The number of pyridine rings is 1. The number of phenols is 1. The summed E-state index contributed by atoms with van der Waals surface area (Å²) in [5, 5.41) is 27.6. The van der Waals surface area contributed by atoms with Crippen LogP contribution in [0.2, 0.25) is 0 Å². The monoisotopic (exact) mass is 754 g/mol. The van der Waals surface area contributed by atoms with Gasteiger partial charge in [-0.05, 0) is 106 Å². The molecule has 13 heteroatoms. The van der Waals surface area contributed by atoms with Crippen LogP contribution in [0.25, 0.3) is 33.2 Å². The van der Waals surface area contributed by atoms with Gasteiger partial charge < -0.3 is 24.8 Å². The van der Waals surface area contributed by atoms with Crippen LogP contribution in [0.3, 0.4) is 0 Å². The fraction of sp³-hybridized carbons (Fsp3) is 0.465. The molecule has 10 rings (SSSR count). The highest BCUT2D eigenvalue weighted by molar-refractivity contribution is 6.09. The molecular formula is C43H50N10O3. The van der Waals surface area contributed by atoms with Crippen molar-refractivity contribution in [3.05, 3.63) is 72.4 Å². The van der Waals surface area contributed by atoms with Gasteiger partial charge in [0.2, 0.25) is 11.8 Å². The summed E-state index contributed by atoms with van der Waals surface area (Å²) in [6, 6.07) is 21.3. The van der Waals surface area contributed by atoms with Crippen molar-refractivity contribution >= 4 is 45.3 Å². The third-order valence-electron chi connectivity index (χ3n) is 13.2. The van der Waals surface area contributed by atoms with Gasteiger partial charge in [-0.1, -0.05) is 18.2 Å². The molecule has 5 aliphatic heterocycles. The van der Waals surface area contributed by atoms with Gasteiger partial charge in [0.25, 0.3) is 0 Å². The van der Waals surface area contributed by atoms with Crippen LogP contribution >= 0.6 is 0 Å². The molecule has 0 spiro atoms. The minimum atomic E-state index is -0.435. The maximum Gasteiger partial charge on any atom is 0.249 e. The topological polar surface area (TPSA) is 135 Å². The van der Waals surface area contributed by atoms with Gasteiger partial charge in [-0.2, -0.15) is 0 Å². The molecule has 2 unspecified atom stereocenters. The van der Waals surface area contributed by atoms with Crippen LogP contribution in [0, 0.1) is 0 Å². The predicted molar refractivity (Wildman–Crippen MR) is 217 cm³/mol. The molecule has 2 aromatic carbocycles. The number of hydrogen-bond acceptors (Lipinski definition) is 11. The summed E-state index contributed by atoms with van der Waals surface area (Å²) in [6.07, 6.45) is 8.35. The second kappa shape index (κ2) is 14.8. The molecule has 56 heavy (non-hydrogen) atoms. The summed E-state index contributed by atoms with van der Waals surface area (Å²) >= 11 is 0. The molecular weight excluding hydrogens is 705 g/mol. The summed E-state index contributed by atoms with van der Waals surface area (Å²) in [4.78, 5) is 40.0. The average Bonchev–Trinajstić information content (AvgIpc) is 3.81. The van der Waals surface area contributed by atoms with E-state index in [1.807, 2.05) is 28.8 Å². The van der Waals surface area contributed by atoms with E-state index in [1.165, 1.54) is 18.4 Å². The lowest BCUT2D eigenvalue weighted by molar-refractivity contribution is -0.135. The normalized spacial score (nSPS) is 24.0. The van der Waals surface area contributed by atoms with Crippen LogP contribution < -0.4 is 15.5 Å². The maximum atomic E-state index is 12.8. The summed E-state index contributed by atoms with van der Waals surface area (Å²) in [7, 11) is 0. The van der Waals surface area contributed by atoms with Gasteiger partial charge in [-0.3, -0.25) is 24.7 Å². The lowest BCUT2D eigenvalue weighted by atomic mass is 10.0. The second-order valence-corrected chi connectivity index (χ2v) is 16.4. The number of likely N-dealkylation sites (tertiary alicyclic amines) is 1. The Labute approximate surface area is 326 Å². The first-order valence-corrected chi connectivity index (χ1v) is 20.5. The molecule has 3 N–H and O–H groups in total. The standard InChI is InChI=1S/C43H50N10O3/c54-39-8-2-1-6-33(39)35-25-38-41(48-47-35)45-26-30-24-31(27-52(30)38)51-21-19-50(20-22-51)29-13-17-49(18-14-29)16-4-5-28-9-10-36-34(23-28)32-7-3-15-44-42(32)53(36)37-11-12-40(55)46-43(37)56/h1-3,6-10,15,23,25,29-31,37,54H,4-5,11-14,16-22,24,26-27H2,(H,45,48)(H,46,55,56)/t30-,31?,37?/m1/s1. The molecule has 0 saturated carbocycles. The van der Waals surface area contributed by atoms with Crippen LogP contribution in [0.5, 0.6) is 5.75 Å². The Balaban J connectivity index is 0.705. The van der Waals surface area contributed by atoms with E-state index in [2.05, 4.69) is 75.7 Å². The first-order chi connectivity index (χ1) is 27.5. The lowest BCUT2D eigenvalue weighted by Crippen LogP contribution is -2.55. The van der Waals surface area contributed by atoms with E-state index in [-0.39, 0.29) is 17.6 Å². The highest BCUT2D eigenvalue weighted by Crippen LogP contribution is 2.39. The highest BCUT2D eigenvalue weighted by Gasteiger charge is 2.40. The Morgan fingerprint density at radius 3 is 2.46 bits per heavy atom. The van der Waals surface area contributed by atoms with Gasteiger partial charge >= 0.3 is 0 Å². The first-order valence-electron chi connectivity index (χ1n) is 20.5. The molecule has 3 aromatic heterocycles.